The molecule has 1 aromatic heterocycles. The minimum atomic E-state index is -3.82. The van der Waals surface area contributed by atoms with Crippen molar-refractivity contribution in [1.82, 2.24) is 4.98 Å². The highest BCUT2D eigenvalue weighted by Gasteiger charge is 2.39. The van der Waals surface area contributed by atoms with E-state index in [0.29, 0.717) is 5.69 Å². The van der Waals surface area contributed by atoms with Crippen LogP contribution in [-0.4, -0.2) is 25.2 Å². The van der Waals surface area contributed by atoms with Gasteiger partial charge in [0.25, 0.3) is 21.8 Å². The van der Waals surface area contributed by atoms with Gasteiger partial charge in [0.2, 0.25) is 0 Å². The summed E-state index contributed by atoms with van der Waals surface area (Å²) < 4.78 is 27.2. The average molecular weight is 495 g/mol. The van der Waals surface area contributed by atoms with Crippen LogP contribution in [0.15, 0.2) is 75.7 Å². The summed E-state index contributed by atoms with van der Waals surface area (Å²) in [6, 6.07) is 12.0. The summed E-state index contributed by atoms with van der Waals surface area (Å²) in [6.07, 6.45) is 1.48. The Labute approximate surface area is 191 Å². The predicted octanol–water partition coefficient (Wildman–Crippen LogP) is 4.03. The minimum Gasteiger partial charge on any atom is -0.350 e. The molecule has 31 heavy (non-hydrogen) atoms. The highest BCUT2D eigenvalue weighted by Crippen LogP contribution is 2.34. The van der Waals surface area contributed by atoms with Crippen LogP contribution in [0.2, 0.25) is 5.02 Å². The maximum atomic E-state index is 12.8. The first kappa shape index (κ1) is 21.3. The Morgan fingerprint density at radius 3 is 2.32 bits per heavy atom. The lowest BCUT2D eigenvalue weighted by molar-refractivity contribution is -0.120. The summed E-state index contributed by atoms with van der Waals surface area (Å²) in [5.41, 5.74) is 0.440. The number of aromatic nitrogens is 1. The SMILES string of the molecule is O=C1C(Cl)=C(Nc2ccc(S(=O)(=O)Nc3nccs3)cc2)C(=O)N1c1ccccc1Cl. The Balaban J connectivity index is 1.55. The first-order chi connectivity index (χ1) is 14.8. The van der Waals surface area contributed by atoms with Gasteiger partial charge in [-0.2, -0.15) is 0 Å². The molecule has 2 aromatic carbocycles. The van der Waals surface area contributed by atoms with Gasteiger partial charge in [0.05, 0.1) is 15.6 Å². The molecule has 0 saturated heterocycles. The van der Waals surface area contributed by atoms with Crippen LogP contribution in [0.4, 0.5) is 16.5 Å². The lowest BCUT2D eigenvalue weighted by Gasteiger charge is -2.16. The third-order valence-electron chi connectivity index (χ3n) is 4.21. The van der Waals surface area contributed by atoms with E-state index in [9.17, 15) is 18.0 Å². The van der Waals surface area contributed by atoms with Gasteiger partial charge in [-0.15, -0.1) is 11.3 Å². The molecule has 0 fully saturated rings. The molecule has 2 amide bonds. The fourth-order valence-corrected chi connectivity index (χ4v) is 4.99. The summed E-state index contributed by atoms with van der Waals surface area (Å²) in [6.45, 7) is 0. The van der Waals surface area contributed by atoms with E-state index >= 15 is 0 Å². The van der Waals surface area contributed by atoms with Crippen molar-refractivity contribution in [2.24, 2.45) is 0 Å². The number of hydrogen-bond acceptors (Lipinski definition) is 7. The van der Waals surface area contributed by atoms with Crippen LogP contribution in [-0.2, 0) is 19.6 Å². The number of sulfonamides is 1. The normalized spacial score (nSPS) is 14.3. The Morgan fingerprint density at radius 2 is 1.68 bits per heavy atom. The lowest BCUT2D eigenvalue weighted by atomic mass is 10.3. The Kier molecular flexibility index (Phi) is 5.71. The minimum absolute atomic E-state index is 0.000143. The molecule has 1 aliphatic rings. The third-order valence-corrected chi connectivity index (χ3v) is 7.05. The van der Waals surface area contributed by atoms with E-state index in [4.69, 9.17) is 23.2 Å². The van der Waals surface area contributed by atoms with Crippen molar-refractivity contribution in [3.05, 3.63) is 75.9 Å². The van der Waals surface area contributed by atoms with Crippen molar-refractivity contribution in [3.8, 4) is 0 Å². The number of nitrogens with zero attached hydrogens (tertiary/aromatic N) is 2. The molecule has 0 unspecified atom stereocenters. The number of thiazole rings is 1. The van der Waals surface area contributed by atoms with Crippen LogP contribution >= 0.6 is 34.5 Å². The second kappa shape index (κ2) is 8.31. The van der Waals surface area contributed by atoms with E-state index in [1.807, 2.05) is 0 Å². The molecular formula is C19H12Cl2N4O4S2. The zero-order chi connectivity index (χ0) is 22.2. The van der Waals surface area contributed by atoms with Crippen LogP contribution in [0, 0.1) is 0 Å². The second-order valence-electron chi connectivity index (χ2n) is 6.18. The summed E-state index contributed by atoms with van der Waals surface area (Å²) in [7, 11) is -3.82. The Hall–Kier alpha value is -2.92. The number of amides is 2. The fraction of sp³-hybridized carbons (Fsp3) is 0. The van der Waals surface area contributed by atoms with E-state index in [1.54, 1.807) is 23.6 Å². The van der Waals surface area contributed by atoms with E-state index in [0.717, 1.165) is 16.2 Å². The number of imide groups is 1. The van der Waals surface area contributed by atoms with Crippen LogP contribution in [0.1, 0.15) is 0 Å². The fourth-order valence-electron chi connectivity index (χ4n) is 2.77. The van der Waals surface area contributed by atoms with Crippen molar-refractivity contribution in [2.45, 2.75) is 4.90 Å². The van der Waals surface area contributed by atoms with Crippen molar-refractivity contribution >= 4 is 72.9 Å². The standard InChI is InChI=1S/C19H12Cl2N4O4S2/c20-13-3-1-2-4-14(13)25-17(26)15(21)16(18(25)27)23-11-5-7-12(8-6-11)31(28,29)24-19-22-9-10-30-19/h1-10,23H,(H,22,24). The smallest absolute Gasteiger partial charge is 0.283 e. The summed E-state index contributed by atoms with van der Waals surface area (Å²) >= 11 is 13.4. The zero-order valence-electron chi connectivity index (χ0n) is 15.4. The van der Waals surface area contributed by atoms with Crippen molar-refractivity contribution in [1.29, 1.82) is 0 Å². The average Bonchev–Trinajstić information content (AvgIpc) is 3.31. The van der Waals surface area contributed by atoms with Crippen LogP contribution in [0.25, 0.3) is 0 Å². The quantitative estimate of drug-likeness (QED) is 0.500. The van der Waals surface area contributed by atoms with Crippen molar-refractivity contribution in [2.75, 3.05) is 14.9 Å². The number of halogens is 2. The van der Waals surface area contributed by atoms with E-state index < -0.39 is 21.8 Å². The van der Waals surface area contributed by atoms with Gasteiger partial charge in [0.15, 0.2) is 5.13 Å². The van der Waals surface area contributed by atoms with Crippen molar-refractivity contribution in [3.63, 3.8) is 0 Å². The predicted molar refractivity (Wildman–Crippen MR) is 120 cm³/mol. The Bertz CT molecular complexity index is 1310. The molecule has 2 heterocycles. The third kappa shape index (κ3) is 4.15. The van der Waals surface area contributed by atoms with Gasteiger partial charge in [0, 0.05) is 17.3 Å². The van der Waals surface area contributed by atoms with Gasteiger partial charge < -0.3 is 5.32 Å². The van der Waals surface area contributed by atoms with Gasteiger partial charge in [-0.25, -0.2) is 18.3 Å². The molecule has 12 heteroatoms. The van der Waals surface area contributed by atoms with Gasteiger partial charge in [-0.05, 0) is 36.4 Å². The first-order valence-electron chi connectivity index (χ1n) is 8.60. The van der Waals surface area contributed by atoms with Gasteiger partial charge >= 0.3 is 0 Å². The van der Waals surface area contributed by atoms with Crippen molar-refractivity contribution < 1.29 is 18.0 Å². The maximum Gasteiger partial charge on any atom is 0.283 e. The number of hydrogen-bond donors (Lipinski definition) is 2. The van der Waals surface area contributed by atoms with Gasteiger partial charge in [-0.1, -0.05) is 35.3 Å². The Morgan fingerprint density at radius 1 is 0.968 bits per heavy atom. The largest absolute Gasteiger partial charge is 0.350 e. The molecule has 0 radical (unpaired) electrons. The van der Waals surface area contributed by atoms with Gasteiger partial charge in [0.1, 0.15) is 10.7 Å². The van der Waals surface area contributed by atoms with E-state index in [-0.39, 0.29) is 31.5 Å². The molecule has 4 rings (SSSR count). The molecular weight excluding hydrogens is 483 g/mol. The molecule has 2 N–H and O–H groups in total. The van der Waals surface area contributed by atoms with E-state index in [1.165, 1.54) is 36.5 Å². The monoisotopic (exact) mass is 494 g/mol. The van der Waals surface area contributed by atoms with Crippen LogP contribution in [0.5, 0.6) is 0 Å². The molecule has 0 saturated carbocycles. The lowest BCUT2D eigenvalue weighted by Crippen LogP contribution is -2.32. The molecule has 0 bridgehead atoms. The number of carbonyl (C=O) groups is 2. The number of nitrogens with one attached hydrogen (secondary N) is 2. The summed E-state index contributed by atoms with van der Waals surface area (Å²) in [5.74, 6) is -1.39. The topological polar surface area (TPSA) is 108 Å². The number of anilines is 3. The zero-order valence-corrected chi connectivity index (χ0v) is 18.5. The number of carbonyl (C=O) groups excluding carboxylic acids is 2. The number of benzene rings is 2. The molecule has 8 nitrogen and oxygen atoms in total. The highest BCUT2D eigenvalue weighted by molar-refractivity contribution is 7.93. The van der Waals surface area contributed by atoms with Crippen LogP contribution < -0.4 is 14.9 Å². The molecule has 3 aromatic rings. The van der Waals surface area contributed by atoms with Gasteiger partial charge in [-0.3, -0.25) is 14.3 Å². The molecule has 0 atom stereocenters. The van der Waals surface area contributed by atoms with Crippen LogP contribution in [0.3, 0.4) is 0 Å². The molecule has 0 aliphatic carbocycles. The van der Waals surface area contributed by atoms with E-state index in [2.05, 4.69) is 15.0 Å². The summed E-state index contributed by atoms with van der Waals surface area (Å²) in [5, 5.41) is 4.59. The summed E-state index contributed by atoms with van der Waals surface area (Å²) in [4.78, 5) is 30.1. The second-order valence-corrected chi connectivity index (χ2v) is 9.54. The molecule has 1 aliphatic heterocycles. The maximum absolute atomic E-state index is 12.8. The number of rotatable bonds is 6. The molecule has 158 valence electrons. The highest BCUT2D eigenvalue weighted by atomic mass is 35.5. The first-order valence-corrected chi connectivity index (χ1v) is 11.7. The molecule has 0 spiro atoms. The number of para-hydroxylation sites is 1.